The predicted molar refractivity (Wildman–Crippen MR) is 104 cm³/mol. The van der Waals surface area contributed by atoms with Gasteiger partial charge in [-0.05, 0) is 38.3 Å². The standard InChI is InChI=1S/C20H23N5OS/c1-13-23-25-12-15(22-20(25)27-13)11-21-19(26)16-10-18(14-6-3-2-4-7-14)24-9-5-8-17(16)24/h2-4,6-7,12,16-18H,5,8-11H2,1H3,(H,21,26)/t16-,17+,18-/m0/s1. The Labute approximate surface area is 162 Å². The Morgan fingerprint density at radius 1 is 1.33 bits per heavy atom. The van der Waals surface area contributed by atoms with Crippen LogP contribution in [-0.4, -0.2) is 38.0 Å². The largest absolute Gasteiger partial charge is 0.350 e. The number of amides is 1. The highest BCUT2D eigenvalue weighted by Crippen LogP contribution is 2.44. The molecule has 0 aliphatic carbocycles. The van der Waals surface area contributed by atoms with Gasteiger partial charge in [0, 0.05) is 12.1 Å². The summed E-state index contributed by atoms with van der Waals surface area (Å²) in [5.74, 6) is 0.215. The van der Waals surface area contributed by atoms with Gasteiger partial charge in [0.05, 0.1) is 24.4 Å². The number of fused-ring (bicyclic) bond motifs is 2. The first-order valence-corrected chi connectivity index (χ1v) is 10.4. The zero-order valence-electron chi connectivity index (χ0n) is 15.3. The molecule has 0 bridgehead atoms. The van der Waals surface area contributed by atoms with E-state index in [2.05, 4.69) is 50.6 Å². The molecule has 4 heterocycles. The maximum Gasteiger partial charge on any atom is 0.225 e. The molecule has 3 atom stereocenters. The van der Waals surface area contributed by atoms with Gasteiger partial charge in [0.25, 0.3) is 0 Å². The van der Waals surface area contributed by atoms with Crippen molar-refractivity contribution in [1.29, 1.82) is 0 Å². The molecule has 0 saturated carbocycles. The SMILES string of the molecule is Cc1nn2cc(CNC(=O)[C@H]3C[C@@H](c4ccccc4)N4CCC[C@H]34)nc2s1. The second-order valence-electron chi connectivity index (χ2n) is 7.51. The quantitative estimate of drug-likeness (QED) is 0.755. The van der Waals surface area contributed by atoms with Gasteiger partial charge in [-0.15, -0.1) is 0 Å². The van der Waals surface area contributed by atoms with Crippen molar-refractivity contribution in [3.63, 3.8) is 0 Å². The third-order valence-electron chi connectivity index (χ3n) is 5.84. The van der Waals surface area contributed by atoms with Crippen molar-refractivity contribution in [2.45, 2.75) is 44.8 Å². The third-order valence-corrected chi connectivity index (χ3v) is 6.68. The number of hydrogen-bond donors (Lipinski definition) is 1. The van der Waals surface area contributed by atoms with Crippen molar-refractivity contribution in [3.8, 4) is 0 Å². The molecular weight excluding hydrogens is 358 g/mol. The fraction of sp³-hybridized carbons (Fsp3) is 0.450. The summed E-state index contributed by atoms with van der Waals surface area (Å²) < 4.78 is 1.79. The maximum atomic E-state index is 13.0. The number of aromatic nitrogens is 3. The molecule has 5 rings (SSSR count). The van der Waals surface area contributed by atoms with Crippen LogP contribution in [0.2, 0.25) is 0 Å². The monoisotopic (exact) mass is 381 g/mol. The van der Waals surface area contributed by atoms with Crippen LogP contribution >= 0.6 is 11.3 Å². The Morgan fingerprint density at radius 3 is 3.00 bits per heavy atom. The van der Waals surface area contributed by atoms with E-state index >= 15 is 0 Å². The van der Waals surface area contributed by atoms with Crippen molar-refractivity contribution in [3.05, 3.63) is 52.8 Å². The highest BCUT2D eigenvalue weighted by Gasteiger charge is 2.46. The Hall–Kier alpha value is -2.25. The third kappa shape index (κ3) is 3.04. The van der Waals surface area contributed by atoms with Gasteiger partial charge >= 0.3 is 0 Å². The van der Waals surface area contributed by atoms with Gasteiger partial charge in [0.2, 0.25) is 10.9 Å². The van der Waals surface area contributed by atoms with Crippen LogP contribution in [0.3, 0.4) is 0 Å². The summed E-state index contributed by atoms with van der Waals surface area (Å²) in [4.78, 5) is 20.9. The first-order valence-electron chi connectivity index (χ1n) is 9.59. The number of nitrogens with zero attached hydrogens (tertiary/aromatic N) is 4. The topological polar surface area (TPSA) is 62.5 Å². The molecule has 2 saturated heterocycles. The molecule has 140 valence electrons. The molecule has 2 aliphatic rings. The van der Waals surface area contributed by atoms with Crippen LogP contribution in [0.4, 0.5) is 0 Å². The van der Waals surface area contributed by atoms with Gasteiger partial charge in [-0.2, -0.15) is 5.10 Å². The Kier molecular flexibility index (Phi) is 4.21. The highest BCUT2D eigenvalue weighted by molar-refractivity contribution is 7.16. The van der Waals surface area contributed by atoms with E-state index < -0.39 is 0 Å². The molecule has 2 aromatic heterocycles. The number of nitrogens with one attached hydrogen (secondary N) is 1. The van der Waals surface area contributed by atoms with Gasteiger partial charge < -0.3 is 5.32 Å². The van der Waals surface area contributed by atoms with Crippen LogP contribution in [0.25, 0.3) is 4.96 Å². The Balaban J connectivity index is 1.28. The summed E-state index contributed by atoms with van der Waals surface area (Å²) in [5.41, 5.74) is 2.19. The minimum Gasteiger partial charge on any atom is -0.350 e. The molecule has 7 heteroatoms. The lowest BCUT2D eigenvalue weighted by Crippen LogP contribution is -2.37. The first kappa shape index (κ1) is 16.9. The van der Waals surface area contributed by atoms with E-state index in [1.807, 2.05) is 13.1 Å². The highest BCUT2D eigenvalue weighted by atomic mass is 32.1. The van der Waals surface area contributed by atoms with E-state index in [1.54, 1.807) is 15.9 Å². The summed E-state index contributed by atoms with van der Waals surface area (Å²) in [7, 11) is 0. The van der Waals surface area contributed by atoms with Crippen LogP contribution in [-0.2, 0) is 11.3 Å². The Morgan fingerprint density at radius 2 is 2.19 bits per heavy atom. The summed E-state index contributed by atoms with van der Waals surface area (Å²) in [6.07, 6.45) is 5.10. The van der Waals surface area contributed by atoms with Crippen LogP contribution in [0, 0.1) is 12.8 Å². The normalized spacial score (nSPS) is 25.1. The van der Waals surface area contributed by atoms with Crippen LogP contribution in [0.15, 0.2) is 36.5 Å². The second kappa shape index (κ2) is 6.73. The van der Waals surface area contributed by atoms with Crippen molar-refractivity contribution in [2.24, 2.45) is 5.92 Å². The predicted octanol–water partition coefficient (Wildman–Crippen LogP) is 2.94. The van der Waals surface area contributed by atoms with E-state index in [1.165, 1.54) is 12.0 Å². The average molecular weight is 382 g/mol. The number of rotatable bonds is 4. The molecule has 27 heavy (non-hydrogen) atoms. The summed E-state index contributed by atoms with van der Waals surface area (Å²) in [6.45, 7) is 3.53. The number of benzene rings is 1. The average Bonchev–Trinajstić information content (AvgIpc) is 3.40. The summed E-state index contributed by atoms with van der Waals surface area (Å²) in [5, 5.41) is 8.50. The van der Waals surface area contributed by atoms with Crippen molar-refractivity contribution >= 4 is 22.2 Å². The van der Waals surface area contributed by atoms with Crippen molar-refractivity contribution in [1.82, 2.24) is 24.8 Å². The van der Waals surface area contributed by atoms with E-state index in [0.717, 1.165) is 35.0 Å². The number of carbonyl (C=O) groups excluding carboxylic acids is 1. The molecule has 0 spiro atoms. The lowest BCUT2D eigenvalue weighted by atomic mass is 9.93. The molecule has 3 aromatic rings. The van der Waals surface area contributed by atoms with E-state index in [9.17, 15) is 4.79 Å². The van der Waals surface area contributed by atoms with Crippen LogP contribution in [0.1, 0.15) is 41.6 Å². The number of carbonyl (C=O) groups is 1. The smallest absolute Gasteiger partial charge is 0.225 e. The molecule has 2 aliphatic heterocycles. The fourth-order valence-electron chi connectivity index (χ4n) is 4.69. The molecule has 0 radical (unpaired) electrons. The molecule has 2 fully saturated rings. The van der Waals surface area contributed by atoms with Crippen molar-refractivity contribution in [2.75, 3.05) is 6.54 Å². The minimum atomic E-state index is 0.0572. The van der Waals surface area contributed by atoms with Gasteiger partial charge in [-0.3, -0.25) is 9.69 Å². The number of hydrogen-bond acceptors (Lipinski definition) is 5. The van der Waals surface area contributed by atoms with E-state index in [-0.39, 0.29) is 11.8 Å². The molecular formula is C20H23N5OS. The zero-order chi connectivity index (χ0) is 18.4. The van der Waals surface area contributed by atoms with Crippen molar-refractivity contribution < 1.29 is 4.79 Å². The first-order chi connectivity index (χ1) is 13.2. The number of imidazole rings is 1. The summed E-state index contributed by atoms with van der Waals surface area (Å²) >= 11 is 1.56. The van der Waals surface area contributed by atoms with Gasteiger partial charge in [0.15, 0.2) is 0 Å². The van der Waals surface area contributed by atoms with Crippen LogP contribution in [0.5, 0.6) is 0 Å². The Bertz CT molecular complexity index is 934. The minimum absolute atomic E-state index is 0.0572. The molecule has 1 aromatic carbocycles. The number of aryl methyl sites for hydroxylation is 1. The second-order valence-corrected chi connectivity index (χ2v) is 8.67. The fourth-order valence-corrected chi connectivity index (χ4v) is 5.43. The lowest BCUT2D eigenvalue weighted by Gasteiger charge is -2.24. The van der Waals surface area contributed by atoms with Gasteiger partial charge in [0.1, 0.15) is 5.01 Å². The molecule has 6 nitrogen and oxygen atoms in total. The lowest BCUT2D eigenvalue weighted by molar-refractivity contribution is -0.125. The molecule has 1 amide bonds. The zero-order valence-corrected chi connectivity index (χ0v) is 16.2. The molecule has 0 unspecified atom stereocenters. The van der Waals surface area contributed by atoms with Gasteiger partial charge in [-0.1, -0.05) is 41.7 Å². The van der Waals surface area contributed by atoms with Crippen LogP contribution < -0.4 is 5.32 Å². The van der Waals surface area contributed by atoms with E-state index in [0.29, 0.717) is 18.6 Å². The van der Waals surface area contributed by atoms with Gasteiger partial charge in [-0.25, -0.2) is 9.50 Å². The van der Waals surface area contributed by atoms with E-state index in [4.69, 9.17) is 0 Å². The maximum absolute atomic E-state index is 13.0. The summed E-state index contributed by atoms with van der Waals surface area (Å²) in [6, 6.07) is 11.3. The molecule has 1 N–H and O–H groups in total.